The Labute approximate surface area is 196 Å². The average molecular weight is 450 g/mol. The van der Waals surface area contributed by atoms with Gasteiger partial charge in [0.1, 0.15) is 5.82 Å². The van der Waals surface area contributed by atoms with E-state index in [-0.39, 0.29) is 17.7 Å². The van der Waals surface area contributed by atoms with Gasteiger partial charge >= 0.3 is 0 Å². The molecule has 2 aliphatic heterocycles. The van der Waals surface area contributed by atoms with Crippen LogP contribution < -0.4 is 5.32 Å². The molecule has 0 radical (unpaired) electrons. The molecule has 2 saturated heterocycles. The van der Waals surface area contributed by atoms with Crippen molar-refractivity contribution >= 4 is 11.8 Å². The topological polar surface area (TPSA) is 78.4 Å². The van der Waals surface area contributed by atoms with Crippen LogP contribution in [0.4, 0.5) is 0 Å². The molecule has 2 amide bonds. The molecule has 7 heteroatoms. The van der Waals surface area contributed by atoms with Crippen molar-refractivity contribution in [2.24, 2.45) is 0 Å². The van der Waals surface area contributed by atoms with Crippen molar-refractivity contribution in [1.29, 1.82) is 0 Å². The maximum Gasteiger partial charge on any atom is 0.254 e. The van der Waals surface area contributed by atoms with E-state index in [4.69, 9.17) is 0 Å². The van der Waals surface area contributed by atoms with Crippen LogP contribution in [0.25, 0.3) is 0 Å². The molecule has 0 unspecified atom stereocenters. The zero-order valence-electron chi connectivity index (χ0n) is 19.6. The van der Waals surface area contributed by atoms with Crippen LogP contribution in [0, 0.1) is 6.92 Å². The van der Waals surface area contributed by atoms with Gasteiger partial charge in [-0.05, 0) is 51.3 Å². The van der Waals surface area contributed by atoms with E-state index in [9.17, 15) is 9.59 Å². The van der Waals surface area contributed by atoms with E-state index < -0.39 is 0 Å². The maximum atomic E-state index is 12.9. The van der Waals surface area contributed by atoms with Crippen LogP contribution in [0.5, 0.6) is 0 Å². The minimum atomic E-state index is -0.166. The number of aryl methyl sites for hydroxylation is 1. The summed E-state index contributed by atoms with van der Waals surface area (Å²) in [7, 11) is 0. The molecule has 4 rings (SSSR count). The lowest BCUT2D eigenvalue weighted by molar-refractivity contribution is -0.133. The first-order valence-corrected chi connectivity index (χ1v) is 12.3. The highest BCUT2D eigenvalue weighted by molar-refractivity contribution is 5.94. The van der Waals surface area contributed by atoms with Crippen molar-refractivity contribution in [3.63, 3.8) is 0 Å². The van der Waals surface area contributed by atoms with Crippen LogP contribution in [0.3, 0.4) is 0 Å². The lowest BCUT2D eigenvalue weighted by Gasteiger charge is -2.33. The second-order valence-corrected chi connectivity index (χ2v) is 9.26. The number of hydrogen-bond acceptors (Lipinski definition) is 5. The standard InChI is InChI=1S/C26H35N5O2/c1-20-23(26(33)28-16-21-10-5-4-6-11-21)17-27-25(29-20)22-12-9-15-31(18-22)24(32)19-30-13-7-2-3-8-14-30/h4-6,10-11,17,22H,2-3,7-9,12-16,18-19H2,1H3,(H,28,33)/t22-/m0/s1. The fourth-order valence-corrected chi connectivity index (χ4v) is 4.78. The van der Waals surface area contributed by atoms with Crippen molar-refractivity contribution in [2.45, 2.75) is 57.9 Å². The average Bonchev–Trinajstić information content (AvgIpc) is 3.12. The van der Waals surface area contributed by atoms with Crippen molar-refractivity contribution in [2.75, 3.05) is 32.7 Å². The number of nitrogens with zero attached hydrogens (tertiary/aromatic N) is 4. The van der Waals surface area contributed by atoms with E-state index in [1.165, 1.54) is 25.7 Å². The van der Waals surface area contributed by atoms with E-state index in [2.05, 4.69) is 20.2 Å². The minimum absolute atomic E-state index is 0.118. The molecule has 2 fully saturated rings. The van der Waals surface area contributed by atoms with E-state index in [0.717, 1.165) is 43.9 Å². The van der Waals surface area contributed by atoms with Gasteiger partial charge in [0, 0.05) is 31.7 Å². The molecular formula is C26H35N5O2. The van der Waals surface area contributed by atoms with Gasteiger partial charge in [-0.3, -0.25) is 14.5 Å². The van der Waals surface area contributed by atoms with Crippen LogP contribution in [0.1, 0.15) is 71.9 Å². The number of benzene rings is 1. The highest BCUT2D eigenvalue weighted by Crippen LogP contribution is 2.25. The zero-order chi connectivity index (χ0) is 23.0. The first kappa shape index (κ1) is 23.4. The van der Waals surface area contributed by atoms with Crippen molar-refractivity contribution in [1.82, 2.24) is 25.1 Å². The first-order chi connectivity index (χ1) is 16.1. The summed E-state index contributed by atoms with van der Waals surface area (Å²) in [5.74, 6) is 0.905. The maximum absolute atomic E-state index is 12.9. The molecule has 2 aliphatic rings. The summed E-state index contributed by atoms with van der Waals surface area (Å²) in [6.45, 7) is 6.37. The molecule has 0 spiro atoms. The molecule has 1 N–H and O–H groups in total. The summed E-state index contributed by atoms with van der Waals surface area (Å²) in [6.07, 6.45) is 8.48. The third-order valence-corrected chi connectivity index (χ3v) is 6.74. The second kappa shape index (κ2) is 11.4. The van der Waals surface area contributed by atoms with Crippen LogP contribution in [-0.2, 0) is 11.3 Å². The molecule has 1 aromatic carbocycles. The zero-order valence-corrected chi connectivity index (χ0v) is 19.6. The van der Waals surface area contributed by atoms with Gasteiger partial charge in [0.2, 0.25) is 5.91 Å². The number of rotatable bonds is 6. The van der Waals surface area contributed by atoms with Crippen molar-refractivity contribution in [3.05, 3.63) is 59.2 Å². The molecule has 0 bridgehead atoms. The lowest BCUT2D eigenvalue weighted by Crippen LogP contribution is -2.45. The fourth-order valence-electron chi connectivity index (χ4n) is 4.78. The largest absolute Gasteiger partial charge is 0.348 e. The van der Waals surface area contributed by atoms with Crippen LogP contribution >= 0.6 is 0 Å². The summed E-state index contributed by atoms with van der Waals surface area (Å²) in [6, 6.07) is 9.83. The van der Waals surface area contributed by atoms with Gasteiger partial charge in [-0.2, -0.15) is 0 Å². The SMILES string of the molecule is Cc1nc([C@H]2CCCN(C(=O)CN3CCCCCC3)C2)ncc1C(=O)NCc1ccccc1. The Morgan fingerprint density at radius 2 is 1.79 bits per heavy atom. The number of aromatic nitrogens is 2. The number of nitrogens with one attached hydrogen (secondary N) is 1. The van der Waals surface area contributed by atoms with Crippen LogP contribution in [0.15, 0.2) is 36.5 Å². The fraction of sp³-hybridized carbons (Fsp3) is 0.538. The molecule has 0 aliphatic carbocycles. The number of likely N-dealkylation sites (tertiary alicyclic amines) is 2. The number of hydrogen-bond donors (Lipinski definition) is 1. The van der Waals surface area contributed by atoms with Gasteiger partial charge in [0.05, 0.1) is 17.8 Å². The summed E-state index contributed by atoms with van der Waals surface area (Å²) < 4.78 is 0. The summed E-state index contributed by atoms with van der Waals surface area (Å²) in [4.78, 5) is 39.1. The quantitative estimate of drug-likeness (QED) is 0.732. The Morgan fingerprint density at radius 1 is 1.03 bits per heavy atom. The summed E-state index contributed by atoms with van der Waals surface area (Å²) >= 11 is 0. The van der Waals surface area contributed by atoms with Gasteiger partial charge in [0.25, 0.3) is 5.91 Å². The summed E-state index contributed by atoms with van der Waals surface area (Å²) in [5, 5.41) is 2.94. The van der Waals surface area contributed by atoms with E-state index in [1.54, 1.807) is 6.20 Å². The number of piperidine rings is 1. The van der Waals surface area contributed by atoms with Crippen molar-refractivity contribution in [3.8, 4) is 0 Å². The predicted molar refractivity (Wildman–Crippen MR) is 128 cm³/mol. The highest BCUT2D eigenvalue weighted by atomic mass is 16.2. The Balaban J connectivity index is 1.34. The van der Waals surface area contributed by atoms with E-state index in [1.807, 2.05) is 42.2 Å². The molecule has 0 saturated carbocycles. The molecule has 1 aromatic heterocycles. The van der Waals surface area contributed by atoms with E-state index >= 15 is 0 Å². The van der Waals surface area contributed by atoms with Gasteiger partial charge in [-0.15, -0.1) is 0 Å². The highest BCUT2D eigenvalue weighted by Gasteiger charge is 2.28. The normalized spacial score (nSPS) is 19.7. The van der Waals surface area contributed by atoms with Gasteiger partial charge in [0.15, 0.2) is 0 Å². The Hall–Kier alpha value is -2.80. The Bertz CT molecular complexity index is 941. The molecule has 176 valence electrons. The number of amides is 2. The second-order valence-electron chi connectivity index (χ2n) is 9.26. The number of carbonyl (C=O) groups excluding carboxylic acids is 2. The molecule has 3 heterocycles. The lowest BCUT2D eigenvalue weighted by atomic mass is 9.96. The Kier molecular flexibility index (Phi) is 8.05. The van der Waals surface area contributed by atoms with Gasteiger partial charge in [-0.1, -0.05) is 43.2 Å². The molecule has 7 nitrogen and oxygen atoms in total. The van der Waals surface area contributed by atoms with Crippen LogP contribution in [0.2, 0.25) is 0 Å². The predicted octanol–water partition coefficient (Wildman–Crippen LogP) is 3.30. The smallest absolute Gasteiger partial charge is 0.254 e. The molecular weight excluding hydrogens is 414 g/mol. The van der Waals surface area contributed by atoms with Crippen LogP contribution in [-0.4, -0.2) is 64.3 Å². The molecule has 33 heavy (non-hydrogen) atoms. The van der Waals surface area contributed by atoms with Gasteiger partial charge in [-0.25, -0.2) is 9.97 Å². The van der Waals surface area contributed by atoms with Gasteiger partial charge < -0.3 is 10.2 Å². The Morgan fingerprint density at radius 3 is 2.52 bits per heavy atom. The number of carbonyl (C=O) groups is 2. The van der Waals surface area contributed by atoms with Crippen molar-refractivity contribution < 1.29 is 9.59 Å². The third-order valence-electron chi connectivity index (χ3n) is 6.74. The first-order valence-electron chi connectivity index (χ1n) is 12.3. The minimum Gasteiger partial charge on any atom is -0.348 e. The third kappa shape index (κ3) is 6.38. The summed E-state index contributed by atoms with van der Waals surface area (Å²) in [5.41, 5.74) is 2.23. The monoisotopic (exact) mass is 449 g/mol. The molecule has 1 atom stereocenters. The molecule has 2 aromatic rings. The van der Waals surface area contributed by atoms with E-state index in [0.29, 0.717) is 30.9 Å².